The summed E-state index contributed by atoms with van der Waals surface area (Å²) < 4.78 is 0. The molecule has 0 unspecified atom stereocenters. The SMILES string of the molecule is N#CC1CCCCC1.[Pt]. The molecule has 0 aromatic heterocycles. The van der Waals surface area contributed by atoms with Crippen molar-refractivity contribution in [2.75, 3.05) is 0 Å². The van der Waals surface area contributed by atoms with Crippen LogP contribution in [0.1, 0.15) is 32.1 Å². The topological polar surface area (TPSA) is 23.8 Å². The van der Waals surface area contributed by atoms with Gasteiger partial charge in [-0.15, -0.1) is 0 Å². The van der Waals surface area contributed by atoms with E-state index in [1.54, 1.807) is 0 Å². The van der Waals surface area contributed by atoms with Crippen LogP contribution in [0.4, 0.5) is 0 Å². The first kappa shape index (κ1) is 9.18. The molecule has 1 aliphatic rings. The van der Waals surface area contributed by atoms with E-state index in [0.717, 1.165) is 12.8 Å². The number of nitrogens with zero attached hydrogens (tertiary/aromatic N) is 1. The van der Waals surface area contributed by atoms with Crippen molar-refractivity contribution in [3.8, 4) is 6.07 Å². The molecule has 9 heavy (non-hydrogen) atoms. The van der Waals surface area contributed by atoms with E-state index in [9.17, 15) is 0 Å². The van der Waals surface area contributed by atoms with Crippen LogP contribution in [0.3, 0.4) is 0 Å². The summed E-state index contributed by atoms with van der Waals surface area (Å²) in [6.07, 6.45) is 6.20. The standard InChI is InChI=1S/C7H11N.Pt/c8-6-7-4-2-1-3-5-7;/h7H,1-5H2;. The molecule has 0 aliphatic heterocycles. The van der Waals surface area contributed by atoms with Crippen molar-refractivity contribution in [3.63, 3.8) is 0 Å². The largest absolute Gasteiger partial charge is 0.198 e. The third kappa shape index (κ3) is 3.01. The molecular formula is C7H11NPt. The molecule has 54 valence electrons. The van der Waals surface area contributed by atoms with Gasteiger partial charge in [-0.25, -0.2) is 0 Å². The molecule has 0 bridgehead atoms. The molecule has 0 radical (unpaired) electrons. The smallest absolute Gasteiger partial charge is 0.0655 e. The zero-order chi connectivity index (χ0) is 5.82. The van der Waals surface area contributed by atoms with Crippen LogP contribution < -0.4 is 0 Å². The maximum Gasteiger partial charge on any atom is 0.0655 e. The Morgan fingerprint density at radius 3 is 2.00 bits per heavy atom. The van der Waals surface area contributed by atoms with E-state index in [4.69, 9.17) is 5.26 Å². The van der Waals surface area contributed by atoms with Gasteiger partial charge in [0.2, 0.25) is 0 Å². The molecule has 1 rings (SSSR count). The van der Waals surface area contributed by atoms with E-state index in [1.165, 1.54) is 19.3 Å². The Kier molecular flexibility index (Phi) is 5.10. The van der Waals surface area contributed by atoms with Crippen LogP contribution in [-0.4, -0.2) is 0 Å². The first-order valence-corrected chi connectivity index (χ1v) is 3.33. The molecule has 2 heteroatoms. The Hall–Kier alpha value is 0.178. The third-order valence-electron chi connectivity index (χ3n) is 1.79. The number of rotatable bonds is 0. The molecule has 1 nitrogen and oxygen atoms in total. The van der Waals surface area contributed by atoms with Gasteiger partial charge >= 0.3 is 0 Å². The fraction of sp³-hybridized carbons (Fsp3) is 0.857. The van der Waals surface area contributed by atoms with Crippen molar-refractivity contribution < 1.29 is 21.1 Å². The van der Waals surface area contributed by atoms with Crippen LogP contribution in [0.5, 0.6) is 0 Å². The first-order chi connectivity index (χ1) is 3.93. The van der Waals surface area contributed by atoms with E-state index in [1.807, 2.05) is 0 Å². The molecule has 0 atom stereocenters. The van der Waals surface area contributed by atoms with Crippen molar-refractivity contribution in [3.05, 3.63) is 0 Å². The maximum atomic E-state index is 8.44. The maximum absolute atomic E-state index is 8.44. The van der Waals surface area contributed by atoms with E-state index in [2.05, 4.69) is 6.07 Å². The van der Waals surface area contributed by atoms with Gasteiger partial charge in [0.15, 0.2) is 0 Å². The van der Waals surface area contributed by atoms with Crippen LogP contribution in [0, 0.1) is 17.2 Å². The Morgan fingerprint density at radius 2 is 1.67 bits per heavy atom. The van der Waals surface area contributed by atoms with Gasteiger partial charge in [-0.05, 0) is 12.8 Å². The molecule has 0 amide bonds. The summed E-state index contributed by atoms with van der Waals surface area (Å²) in [5.41, 5.74) is 0. The average Bonchev–Trinajstić information content (AvgIpc) is 1.90. The second kappa shape index (κ2) is 5.00. The van der Waals surface area contributed by atoms with Gasteiger partial charge in [0, 0.05) is 27.0 Å². The summed E-state index contributed by atoms with van der Waals surface area (Å²) in [6.45, 7) is 0. The summed E-state index contributed by atoms with van der Waals surface area (Å²) in [6, 6.07) is 2.30. The summed E-state index contributed by atoms with van der Waals surface area (Å²) >= 11 is 0. The Bertz CT molecular complexity index is 100.0. The third-order valence-corrected chi connectivity index (χ3v) is 1.79. The van der Waals surface area contributed by atoms with E-state index in [0.29, 0.717) is 5.92 Å². The molecule has 1 fully saturated rings. The first-order valence-electron chi connectivity index (χ1n) is 3.33. The van der Waals surface area contributed by atoms with Crippen LogP contribution >= 0.6 is 0 Å². The predicted molar refractivity (Wildman–Crippen MR) is 32.2 cm³/mol. The van der Waals surface area contributed by atoms with Crippen molar-refractivity contribution >= 4 is 0 Å². The second-order valence-electron chi connectivity index (χ2n) is 2.46. The van der Waals surface area contributed by atoms with Crippen molar-refractivity contribution in [2.45, 2.75) is 32.1 Å². The monoisotopic (exact) mass is 304 g/mol. The van der Waals surface area contributed by atoms with Crippen LogP contribution in [0.15, 0.2) is 0 Å². The molecule has 1 aliphatic carbocycles. The van der Waals surface area contributed by atoms with Gasteiger partial charge < -0.3 is 0 Å². The normalized spacial score (nSPS) is 19.9. The predicted octanol–water partition coefficient (Wildman–Crippen LogP) is 2.09. The number of nitriles is 1. The molecule has 0 aromatic carbocycles. The molecule has 0 saturated heterocycles. The second-order valence-corrected chi connectivity index (χ2v) is 2.46. The van der Waals surface area contributed by atoms with Crippen LogP contribution in [-0.2, 0) is 21.1 Å². The minimum atomic E-state index is 0. The quantitative estimate of drug-likeness (QED) is 0.672. The Labute approximate surface area is 70.7 Å². The van der Waals surface area contributed by atoms with Gasteiger partial charge in [-0.1, -0.05) is 19.3 Å². The van der Waals surface area contributed by atoms with Gasteiger partial charge in [0.1, 0.15) is 0 Å². The minimum Gasteiger partial charge on any atom is -0.198 e. The van der Waals surface area contributed by atoms with E-state index >= 15 is 0 Å². The molecule has 1 saturated carbocycles. The minimum absolute atomic E-state index is 0. The van der Waals surface area contributed by atoms with Gasteiger partial charge in [-0.3, -0.25) is 0 Å². The molecule has 0 spiro atoms. The zero-order valence-electron chi connectivity index (χ0n) is 5.38. The van der Waals surface area contributed by atoms with Crippen molar-refractivity contribution in [2.24, 2.45) is 5.92 Å². The molecule has 0 heterocycles. The zero-order valence-corrected chi connectivity index (χ0v) is 7.65. The fourth-order valence-electron chi connectivity index (χ4n) is 1.23. The Morgan fingerprint density at radius 1 is 1.11 bits per heavy atom. The summed E-state index contributed by atoms with van der Waals surface area (Å²) in [5, 5.41) is 8.44. The number of hydrogen-bond donors (Lipinski definition) is 0. The average molecular weight is 304 g/mol. The molecular weight excluding hydrogens is 293 g/mol. The van der Waals surface area contributed by atoms with Crippen molar-refractivity contribution in [1.29, 1.82) is 5.26 Å². The van der Waals surface area contributed by atoms with Gasteiger partial charge in [0.25, 0.3) is 0 Å². The van der Waals surface area contributed by atoms with E-state index in [-0.39, 0.29) is 21.1 Å². The molecule has 0 N–H and O–H groups in total. The Balaban J connectivity index is 0.000000640. The molecule has 0 aromatic rings. The summed E-state index contributed by atoms with van der Waals surface area (Å²) in [4.78, 5) is 0. The number of hydrogen-bond acceptors (Lipinski definition) is 1. The van der Waals surface area contributed by atoms with Gasteiger partial charge in [0.05, 0.1) is 6.07 Å². The van der Waals surface area contributed by atoms with E-state index < -0.39 is 0 Å². The summed E-state index contributed by atoms with van der Waals surface area (Å²) in [7, 11) is 0. The van der Waals surface area contributed by atoms with Crippen molar-refractivity contribution in [1.82, 2.24) is 0 Å². The van der Waals surface area contributed by atoms with Crippen LogP contribution in [0.25, 0.3) is 0 Å². The fourth-order valence-corrected chi connectivity index (χ4v) is 1.23. The van der Waals surface area contributed by atoms with Gasteiger partial charge in [-0.2, -0.15) is 5.26 Å². The summed E-state index contributed by atoms with van der Waals surface area (Å²) in [5.74, 6) is 0.392. The van der Waals surface area contributed by atoms with Crippen LogP contribution in [0.2, 0.25) is 0 Å².